The molecule has 134 valence electrons. The lowest BCUT2D eigenvalue weighted by Gasteiger charge is -2.45. The van der Waals surface area contributed by atoms with E-state index in [1.54, 1.807) is 0 Å². The van der Waals surface area contributed by atoms with Gasteiger partial charge >= 0.3 is 0 Å². The molecule has 1 atom stereocenters. The number of rotatable bonds is 6. The third kappa shape index (κ3) is 5.14. The van der Waals surface area contributed by atoms with Crippen LogP contribution in [0.3, 0.4) is 0 Å². The Kier molecular flexibility index (Phi) is 5.71. The second kappa shape index (κ2) is 7.04. The molecule has 0 radical (unpaired) electrons. The molecule has 0 saturated carbocycles. The summed E-state index contributed by atoms with van der Waals surface area (Å²) in [5, 5.41) is 5.11. The monoisotopic (exact) mass is 346 g/mol. The lowest BCUT2D eigenvalue weighted by atomic mass is 10.0. The van der Waals surface area contributed by atoms with Crippen molar-refractivity contribution < 1.29 is 13.2 Å². The number of carbonyl (C=O) groups excluding carboxylic acids is 1. The van der Waals surface area contributed by atoms with Crippen molar-refractivity contribution in [2.45, 2.75) is 32.7 Å². The van der Waals surface area contributed by atoms with Crippen LogP contribution in [0.15, 0.2) is 0 Å². The zero-order valence-electron chi connectivity index (χ0n) is 14.5. The van der Waals surface area contributed by atoms with Crippen molar-refractivity contribution in [3.05, 3.63) is 0 Å². The van der Waals surface area contributed by atoms with Gasteiger partial charge in [0.2, 0.25) is 15.9 Å². The Hall–Kier alpha value is -0.700. The maximum Gasteiger partial charge on any atom is 0.223 e. The number of likely N-dealkylation sites (N-methyl/N-ethyl adjacent to an activating group) is 1. The zero-order chi connectivity index (χ0) is 17.3. The van der Waals surface area contributed by atoms with Crippen LogP contribution < -0.4 is 5.14 Å². The smallest absolute Gasteiger partial charge is 0.223 e. The molecule has 23 heavy (non-hydrogen) atoms. The fourth-order valence-corrected chi connectivity index (χ4v) is 4.56. The van der Waals surface area contributed by atoms with Crippen LogP contribution in [0, 0.1) is 5.92 Å². The highest BCUT2D eigenvalue weighted by Gasteiger charge is 2.37. The molecule has 7 nitrogen and oxygen atoms in total. The number of amides is 1. The molecule has 0 aromatic rings. The van der Waals surface area contributed by atoms with Gasteiger partial charge in [0.15, 0.2) is 0 Å². The number of hydrogen-bond donors (Lipinski definition) is 1. The van der Waals surface area contributed by atoms with Crippen LogP contribution >= 0.6 is 0 Å². The Morgan fingerprint density at radius 1 is 1.22 bits per heavy atom. The van der Waals surface area contributed by atoms with Gasteiger partial charge in [0, 0.05) is 57.1 Å². The molecule has 2 saturated heterocycles. The van der Waals surface area contributed by atoms with Crippen LogP contribution in [-0.2, 0) is 14.8 Å². The molecule has 0 aromatic carbocycles. The second-order valence-corrected chi connectivity index (χ2v) is 9.07. The minimum Gasteiger partial charge on any atom is -0.341 e. The first-order valence-corrected chi connectivity index (χ1v) is 10.1. The summed E-state index contributed by atoms with van der Waals surface area (Å²) in [7, 11) is -3.52. The van der Waals surface area contributed by atoms with Gasteiger partial charge in [0.05, 0.1) is 5.75 Å². The van der Waals surface area contributed by atoms with Crippen molar-refractivity contribution in [2.24, 2.45) is 11.1 Å². The average Bonchev–Trinajstić information content (AvgIpc) is 2.75. The van der Waals surface area contributed by atoms with Crippen LogP contribution in [0.2, 0.25) is 0 Å². The summed E-state index contributed by atoms with van der Waals surface area (Å²) in [4.78, 5) is 18.9. The highest BCUT2D eigenvalue weighted by Crippen LogP contribution is 2.24. The van der Waals surface area contributed by atoms with Crippen LogP contribution in [-0.4, -0.2) is 86.1 Å². The van der Waals surface area contributed by atoms with E-state index in [0.717, 1.165) is 32.7 Å². The molecule has 0 aromatic heterocycles. The second-order valence-electron chi connectivity index (χ2n) is 7.41. The topological polar surface area (TPSA) is 86.9 Å². The average molecular weight is 346 g/mol. The lowest BCUT2D eigenvalue weighted by molar-refractivity contribution is -0.129. The number of hydrogen-bond acceptors (Lipinski definition) is 5. The molecular weight excluding hydrogens is 316 g/mol. The van der Waals surface area contributed by atoms with Crippen molar-refractivity contribution in [1.82, 2.24) is 14.7 Å². The van der Waals surface area contributed by atoms with Gasteiger partial charge in [-0.2, -0.15) is 0 Å². The fourth-order valence-electron chi connectivity index (χ4n) is 3.68. The van der Waals surface area contributed by atoms with E-state index >= 15 is 0 Å². The van der Waals surface area contributed by atoms with Crippen LogP contribution in [0.1, 0.15) is 27.2 Å². The number of sulfonamides is 1. The van der Waals surface area contributed by atoms with Crippen LogP contribution in [0.5, 0.6) is 0 Å². The zero-order valence-corrected chi connectivity index (χ0v) is 15.3. The van der Waals surface area contributed by atoms with Crippen molar-refractivity contribution in [1.29, 1.82) is 0 Å². The predicted octanol–water partition coefficient (Wildman–Crippen LogP) is -0.460. The lowest BCUT2D eigenvalue weighted by Crippen LogP contribution is -2.58. The van der Waals surface area contributed by atoms with Crippen molar-refractivity contribution in [2.75, 3.05) is 51.6 Å². The van der Waals surface area contributed by atoms with Gasteiger partial charge in [0.25, 0.3) is 0 Å². The minimum absolute atomic E-state index is 0.0407. The Morgan fingerprint density at radius 2 is 1.83 bits per heavy atom. The van der Waals surface area contributed by atoms with E-state index in [9.17, 15) is 13.2 Å². The molecule has 2 heterocycles. The van der Waals surface area contributed by atoms with Crippen molar-refractivity contribution >= 4 is 15.9 Å². The van der Waals surface area contributed by atoms with Crippen LogP contribution in [0.25, 0.3) is 0 Å². The summed E-state index contributed by atoms with van der Waals surface area (Å²) >= 11 is 0. The van der Waals surface area contributed by atoms with Gasteiger partial charge in [-0.1, -0.05) is 6.92 Å². The third-order valence-electron chi connectivity index (χ3n) is 5.02. The SMILES string of the molecule is CCN1CCN(C(C)(C)CN2CC(CS(N)(=O)=O)CC2=O)CC1. The molecule has 0 spiro atoms. The first-order valence-electron chi connectivity index (χ1n) is 8.36. The highest BCUT2D eigenvalue weighted by molar-refractivity contribution is 7.89. The summed E-state index contributed by atoms with van der Waals surface area (Å²) in [5.41, 5.74) is -0.105. The summed E-state index contributed by atoms with van der Waals surface area (Å²) in [6, 6.07) is 0. The maximum absolute atomic E-state index is 12.2. The highest BCUT2D eigenvalue weighted by atomic mass is 32.2. The van der Waals surface area contributed by atoms with Crippen molar-refractivity contribution in [3.63, 3.8) is 0 Å². The van der Waals surface area contributed by atoms with E-state index in [-0.39, 0.29) is 29.5 Å². The number of likely N-dealkylation sites (tertiary alicyclic amines) is 1. The molecule has 2 N–H and O–H groups in total. The third-order valence-corrected chi connectivity index (χ3v) is 5.95. The van der Waals surface area contributed by atoms with E-state index in [1.165, 1.54) is 0 Å². The Bertz CT molecular complexity index is 527. The van der Waals surface area contributed by atoms with Gasteiger partial charge < -0.3 is 9.80 Å². The largest absolute Gasteiger partial charge is 0.341 e. The van der Waals surface area contributed by atoms with E-state index in [1.807, 2.05) is 4.90 Å². The van der Waals surface area contributed by atoms with Gasteiger partial charge in [0.1, 0.15) is 0 Å². The molecular formula is C15H30N4O3S. The number of primary sulfonamides is 1. The fraction of sp³-hybridized carbons (Fsp3) is 0.933. The Labute approximate surface area is 139 Å². The van der Waals surface area contributed by atoms with E-state index in [0.29, 0.717) is 13.1 Å². The maximum atomic E-state index is 12.2. The number of nitrogens with zero attached hydrogens (tertiary/aromatic N) is 3. The minimum atomic E-state index is -3.52. The van der Waals surface area contributed by atoms with Gasteiger partial charge in [-0.05, 0) is 20.4 Å². The summed E-state index contributed by atoms with van der Waals surface area (Å²) in [5.74, 6) is -0.241. The normalized spacial score (nSPS) is 25.3. The van der Waals surface area contributed by atoms with Gasteiger partial charge in [-0.25, -0.2) is 13.6 Å². The van der Waals surface area contributed by atoms with Gasteiger partial charge in [-0.3, -0.25) is 9.69 Å². The number of nitrogens with two attached hydrogens (primary N) is 1. The summed E-state index contributed by atoms with van der Waals surface area (Å²) in [6.07, 6.45) is 0.288. The molecule has 1 amide bonds. The first-order chi connectivity index (χ1) is 10.6. The standard InChI is InChI=1S/C15H30N4O3S/c1-4-17-5-7-19(8-6-17)15(2,3)12-18-10-13(9-14(18)20)11-23(16,21)22/h13H,4-12H2,1-3H3,(H2,16,21,22). The molecule has 2 rings (SSSR count). The molecule has 2 aliphatic rings. The molecule has 2 fully saturated rings. The molecule has 8 heteroatoms. The summed E-state index contributed by atoms with van der Waals surface area (Å²) < 4.78 is 22.5. The van der Waals surface area contributed by atoms with E-state index < -0.39 is 10.0 Å². The van der Waals surface area contributed by atoms with Crippen molar-refractivity contribution in [3.8, 4) is 0 Å². The number of piperazine rings is 1. The molecule has 1 unspecified atom stereocenters. The Morgan fingerprint density at radius 3 is 2.35 bits per heavy atom. The summed E-state index contributed by atoms with van der Waals surface area (Å²) in [6.45, 7) is 12.8. The van der Waals surface area contributed by atoms with E-state index in [4.69, 9.17) is 5.14 Å². The number of carbonyl (C=O) groups is 1. The molecule has 2 aliphatic heterocycles. The molecule has 0 bridgehead atoms. The Balaban J connectivity index is 1.91. The molecule has 0 aliphatic carbocycles. The first kappa shape index (κ1) is 18.6. The van der Waals surface area contributed by atoms with Gasteiger partial charge in [-0.15, -0.1) is 0 Å². The van der Waals surface area contributed by atoms with Crippen LogP contribution in [0.4, 0.5) is 0 Å². The van der Waals surface area contributed by atoms with E-state index in [2.05, 4.69) is 30.6 Å². The predicted molar refractivity (Wildman–Crippen MR) is 90.4 cm³/mol. The quantitative estimate of drug-likeness (QED) is 0.703.